The number of ether oxygens (including phenoxy) is 1. The Kier molecular flexibility index (Phi) is 1.64. The molecule has 0 aliphatic carbocycles. The molecule has 4 nitrogen and oxygen atoms in total. The molecule has 0 fully saturated rings. The summed E-state index contributed by atoms with van der Waals surface area (Å²) in [6, 6.07) is -7.54. The predicted octanol–water partition coefficient (Wildman–Crippen LogP) is 3.59. The highest BCUT2D eigenvalue weighted by Crippen LogP contribution is 2.37. The third kappa shape index (κ3) is 4.09. The van der Waals surface area contributed by atoms with E-state index in [0.29, 0.717) is 6.08 Å². The van der Waals surface area contributed by atoms with Gasteiger partial charge in [0.25, 0.3) is 0 Å². The van der Waals surface area contributed by atoms with Gasteiger partial charge in [-0.25, -0.2) is 0 Å². The smallest absolute Gasteiger partial charge is 0.307 e. The summed E-state index contributed by atoms with van der Waals surface area (Å²) >= 11 is 0. The van der Waals surface area contributed by atoms with E-state index in [1.54, 1.807) is 0 Å². The number of hydrogen-bond donors (Lipinski definition) is 1. The summed E-state index contributed by atoms with van der Waals surface area (Å²) < 4.78 is 159. The molecule has 1 heterocycles. The van der Waals surface area contributed by atoms with E-state index in [4.69, 9.17) is 30.8 Å². The van der Waals surface area contributed by atoms with Crippen LogP contribution in [0.2, 0.25) is 0 Å². The number of benzene rings is 2. The number of carboxylic acids is 1. The average Bonchev–Trinajstić information content (AvgIpc) is 2.92. The standard InChI is InChI=1S/C21H23NO3/c1-22(2)11-5-8-18-17-7-4-3-6-16(17)14-25-20-10-9-15(12-19(18)20)13-21(23)24/h3-4,6-10,12H,5,11,13-14H2,1-2H3,(H,23,24)/b18-8-/i1D3,2D3,3D,4D,6D,7D,9D,10D,11D2,12D,13D2,14D2. The summed E-state index contributed by atoms with van der Waals surface area (Å²) in [6.07, 6.45) is -4.10. The second kappa shape index (κ2) is 7.53. The Morgan fingerprint density at radius 3 is 3.04 bits per heavy atom. The third-order valence-corrected chi connectivity index (χ3v) is 3.05. The van der Waals surface area contributed by atoms with Crippen molar-refractivity contribution in [2.75, 3.05) is 20.4 Å². The monoisotopic (exact) mass is 356 g/mol. The molecule has 2 aromatic carbocycles. The van der Waals surface area contributed by atoms with Crippen molar-refractivity contribution in [1.29, 1.82) is 0 Å². The molecule has 1 N–H and O–H groups in total. The topological polar surface area (TPSA) is 49.8 Å². The first-order valence-corrected chi connectivity index (χ1v) is 6.81. The van der Waals surface area contributed by atoms with Crippen LogP contribution in [0, 0.1) is 0 Å². The number of carbonyl (C=O) groups is 1. The molecule has 130 valence electrons. The number of rotatable bonds is 5. The maximum absolute atomic E-state index is 11.8. The normalized spacial score (nSPS) is 29.8. The maximum atomic E-state index is 11.8. The highest BCUT2D eigenvalue weighted by Gasteiger charge is 2.19. The number of carboxylic acid groups (broad SMARTS) is 1. The summed E-state index contributed by atoms with van der Waals surface area (Å²) in [6.45, 7) is -13.7. The van der Waals surface area contributed by atoms with Gasteiger partial charge in [0.1, 0.15) is 12.3 Å². The molecule has 0 saturated heterocycles. The van der Waals surface area contributed by atoms with E-state index in [1.807, 2.05) is 0 Å². The molecular formula is C21H23NO3. The summed E-state index contributed by atoms with van der Waals surface area (Å²) in [5, 5.41) is 9.50. The Morgan fingerprint density at radius 1 is 1.40 bits per heavy atom. The van der Waals surface area contributed by atoms with Gasteiger partial charge in [-0.1, -0.05) is 36.3 Å². The molecule has 0 amide bonds. The first kappa shape index (κ1) is 5.45. The van der Waals surface area contributed by atoms with Crippen LogP contribution in [0.1, 0.15) is 54.7 Å². The molecule has 1 aliphatic heterocycles. The summed E-state index contributed by atoms with van der Waals surface area (Å²) in [7, 11) is 0. The first-order valence-electron chi connectivity index (χ1n) is 16.3. The van der Waals surface area contributed by atoms with Crippen LogP contribution < -0.4 is 4.74 Å². The van der Waals surface area contributed by atoms with Gasteiger partial charge in [0.05, 0.1) is 18.7 Å². The van der Waals surface area contributed by atoms with E-state index in [0.717, 1.165) is 0 Å². The highest BCUT2D eigenvalue weighted by molar-refractivity contribution is 5.85. The average molecular weight is 357 g/mol. The maximum Gasteiger partial charge on any atom is 0.307 e. The minimum absolute atomic E-state index is 0.433. The van der Waals surface area contributed by atoms with Crippen molar-refractivity contribution in [3.05, 3.63) is 70.6 Å². The Labute approximate surface area is 175 Å². The van der Waals surface area contributed by atoms with Crippen LogP contribution in [0.15, 0.2) is 48.4 Å². The van der Waals surface area contributed by atoms with E-state index >= 15 is 0 Å². The largest absolute Gasteiger partial charge is 0.488 e. The number of aliphatic carboxylic acids is 1. The molecular weight excluding hydrogens is 314 g/mol. The molecule has 0 spiro atoms. The quantitative estimate of drug-likeness (QED) is 0.889. The van der Waals surface area contributed by atoms with Crippen LogP contribution in [0.4, 0.5) is 0 Å². The van der Waals surface area contributed by atoms with Crippen molar-refractivity contribution >= 4 is 11.5 Å². The van der Waals surface area contributed by atoms with Gasteiger partial charge in [0.2, 0.25) is 0 Å². The number of hydrogen-bond acceptors (Lipinski definition) is 3. The van der Waals surface area contributed by atoms with Crippen LogP contribution in [-0.4, -0.2) is 36.4 Å². The molecule has 0 radical (unpaired) electrons. The van der Waals surface area contributed by atoms with Gasteiger partial charge in [0.15, 0.2) is 0 Å². The molecule has 3 rings (SSSR count). The highest BCUT2D eigenvalue weighted by atomic mass is 16.5. The lowest BCUT2D eigenvalue weighted by atomic mass is 9.92. The van der Waals surface area contributed by atoms with Gasteiger partial charge in [-0.2, -0.15) is 0 Å². The lowest BCUT2D eigenvalue weighted by Crippen LogP contribution is -2.12. The van der Waals surface area contributed by atoms with Gasteiger partial charge in [-0.3, -0.25) is 4.79 Å². The van der Waals surface area contributed by atoms with Gasteiger partial charge >= 0.3 is 5.97 Å². The number of nitrogens with zero attached hydrogens (tertiary/aromatic N) is 1. The zero-order valence-electron chi connectivity index (χ0n) is 31.5. The first-order chi connectivity index (χ1) is 19.6. The SMILES string of the molecule is [2H]c1c([2H])c([2H])c2c(c1[2H])/C(=C/CC([2H])([2H])N(C([2H])([2H])[2H])C([2H])([2H])[2H])c1c([2H])c(C([2H])([2H])C(=O)O)c([2H])c([2H])c1OC2([2H])[2H]. The molecule has 0 bridgehead atoms. The molecule has 0 aromatic heterocycles. The van der Waals surface area contributed by atoms with E-state index in [9.17, 15) is 9.90 Å². The second-order valence-corrected chi connectivity index (χ2v) is 4.65. The zero-order valence-corrected chi connectivity index (χ0v) is 12.5. The summed E-state index contributed by atoms with van der Waals surface area (Å²) in [5.74, 6) is -3.21. The molecule has 1 aliphatic rings. The number of fused-ring (bicyclic) bond motifs is 2. The fourth-order valence-corrected chi connectivity index (χ4v) is 2.09. The molecule has 0 unspecified atom stereocenters. The van der Waals surface area contributed by atoms with E-state index in [1.165, 1.54) is 0 Å². The molecule has 0 atom stereocenters. The van der Waals surface area contributed by atoms with Crippen LogP contribution in [0.25, 0.3) is 5.57 Å². The second-order valence-electron chi connectivity index (χ2n) is 4.65. The lowest BCUT2D eigenvalue weighted by Gasteiger charge is -2.13. The molecule has 4 heteroatoms. The van der Waals surface area contributed by atoms with Gasteiger partial charge < -0.3 is 14.7 Å². The van der Waals surface area contributed by atoms with Gasteiger partial charge in [-0.15, -0.1) is 0 Å². The van der Waals surface area contributed by atoms with E-state index < -0.39 is 127 Å². The van der Waals surface area contributed by atoms with Crippen molar-refractivity contribution in [2.45, 2.75) is 19.4 Å². The van der Waals surface area contributed by atoms with E-state index in [-0.39, 0.29) is 0 Å². The molecule has 25 heavy (non-hydrogen) atoms. The molecule has 0 saturated carbocycles. The van der Waals surface area contributed by atoms with Crippen molar-refractivity contribution in [3.8, 4) is 5.75 Å². The third-order valence-electron chi connectivity index (χ3n) is 3.05. The zero-order chi connectivity index (χ0) is 34.3. The predicted molar refractivity (Wildman–Crippen MR) is 98.8 cm³/mol. The van der Waals surface area contributed by atoms with Crippen molar-refractivity contribution in [2.24, 2.45) is 0 Å². The summed E-state index contributed by atoms with van der Waals surface area (Å²) in [5.41, 5.74) is -4.63. The van der Waals surface area contributed by atoms with Gasteiger partial charge in [0, 0.05) is 25.8 Å². The fourth-order valence-electron chi connectivity index (χ4n) is 2.09. The Balaban J connectivity index is 2.62. The molecule has 2 aromatic rings. The van der Waals surface area contributed by atoms with E-state index in [2.05, 4.69) is 0 Å². The van der Waals surface area contributed by atoms with Crippen molar-refractivity contribution in [1.82, 2.24) is 4.90 Å². The van der Waals surface area contributed by atoms with Crippen LogP contribution >= 0.6 is 0 Å². The van der Waals surface area contributed by atoms with Crippen LogP contribution in [-0.2, 0) is 17.7 Å². The fraction of sp³-hybridized carbons (Fsp3) is 0.286. The Morgan fingerprint density at radius 2 is 2.24 bits per heavy atom. The Bertz CT molecular complexity index is 1560. The Hall–Kier alpha value is -2.59. The summed E-state index contributed by atoms with van der Waals surface area (Å²) in [4.78, 5) is 11.4. The van der Waals surface area contributed by atoms with Gasteiger partial charge in [-0.05, 0) is 54.7 Å². The minimum Gasteiger partial charge on any atom is -0.488 e. The lowest BCUT2D eigenvalue weighted by molar-refractivity contribution is -0.136. The minimum atomic E-state index is -3.56. The van der Waals surface area contributed by atoms with Crippen LogP contribution in [0.3, 0.4) is 0 Å². The van der Waals surface area contributed by atoms with Crippen LogP contribution in [0.5, 0.6) is 5.75 Å². The van der Waals surface area contributed by atoms with Crippen molar-refractivity contribution in [3.63, 3.8) is 0 Å². The van der Waals surface area contributed by atoms with Crippen molar-refractivity contribution < 1.29 is 40.7 Å².